The van der Waals surface area contributed by atoms with Crippen molar-refractivity contribution in [2.75, 3.05) is 12.3 Å². The SMILES string of the molecule is CCCNC(CSc1ccc(F)cc1)Cc1ccccc1. The van der Waals surface area contributed by atoms with Crippen molar-refractivity contribution in [2.45, 2.75) is 30.7 Å². The molecule has 0 aromatic heterocycles. The van der Waals surface area contributed by atoms with Gasteiger partial charge in [0.15, 0.2) is 0 Å². The van der Waals surface area contributed by atoms with Crippen LogP contribution >= 0.6 is 11.8 Å². The van der Waals surface area contributed by atoms with Gasteiger partial charge in [-0.2, -0.15) is 0 Å². The van der Waals surface area contributed by atoms with E-state index in [1.54, 1.807) is 11.8 Å². The second kappa shape index (κ2) is 8.85. The molecule has 2 aromatic carbocycles. The van der Waals surface area contributed by atoms with E-state index >= 15 is 0 Å². The van der Waals surface area contributed by atoms with E-state index in [2.05, 4.69) is 36.5 Å². The second-order valence-electron chi connectivity index (χ2n) is 5.11. The summed E-state index contributed by atoms with van der Waals surface area (Å²) >= 11 is 1.78. The third kappa shape index (κ3) is 5.90. The maximum atomic E-state index is 12.9. The van der Waals surface area contributed by atoms with Crippen molar-refractivity contribution in [1.82, 2.24) is 5.32 Å². The van der Waals surface area contributed by atoms with Crippen molar-refractivity contribution in [1.29, 1.82) is 0 Å². The Balaban J connectivity index is 1.91. The van der Waals surface area contributed by atoms with Gasteiger partial charge >= 0.3 is 0 Å². The number of nitrogens with one attached hydrogen (secondary N) is 1. The molecule has 0 aliphatic heterocycles. The minimum Gasteiger partial charge on any atom is -0.313 e. The maximum Gasteiger partial charge on any atom is 0.123 e. The van der Waals surface area contributed by atoms with Gasteiger partial charge in [0.05, 0.1) is 0 Å². The molecule has 0 radical (unpaired) electrons. The first-order valence-electron chi connectivity index (χ1n) is 7.43. The first kappa shape index (κ1) is 16.1. The van der Waals surface area contributed by atoms with E-state index in [0.29, 0.717) is 6.04 Å². The molecule has 1 nitrogen and oxygen atoms in total. The zero-order chi connectivity index (χ0) is 14.9. The molecule has 0 heterocycles. The normalized spacial score (nSPS) is 12.3. The van der Waals surface area contributed by atoms with Crippen LogP contribution in [0.2, 0.25) is 0 Å². The number of halogens is 1. The van der Waals surface area contributed by atoms with Gasteiger partial charge in [0, 0.05) is 16.7 Å². The minimum atomic E-state index is -0.177. The molecule has 1 N–H and O–H groups in total. The third-order valence-corrected chi connectivity index (χ3v) is 4.45. The van der Waals surface area contributed by atoms with Crippen LogP contribution in [0.3, 0.4) is 0 Å². The Labute approximate surface area is 131 Å². The van der Waals surface area contributed by atoms with Crippen molar-refractivity contribution in [2.24, 2.45) is 0 Å². The van der Waals surface area contributed by atoms with Crippen LogP contribution in [0.25, 0.3) is 0 Å². The second-order valence-corrected chi connectivity index (χ2v) is 6.20. The Morgan fingerprint density at radius 2 is 1.76 bits per heavy atom. The number of rotatable bonds is 8. The largest absolute Gasteiger partial charge is 0.313 e. The van der Waals surface area contributed by atoms with E-state index in [0.717, 1.165) is 30.0 Å². The van der Waals surface area contributed by atoms with Crippen LogP contribution in [0, 0.1) is 5.82 Å². The van der Waals surface area contributed by atoms with Crippen molar-refractivity contribution in [3.63, 3.8) is 0 Å². The highest BCUT2D eigenvalue weighted by Gasteiger charge is 2.09. The van der Waals surface area contributed by atoms with E-state index in [1.165, 1.54) is 17.7 Å². The van der Waals surface area contributed by atoms with E-state index in [4.69, 9.17) is 0 Å². The minimum absolute atomic E-state index is 0.177. The topological polar surface area (TPSA) is 12.0 Å². The molecule has 2 rings (SSSR count). The Kier molecular flexibility index (Phi) is 6.77. The molecule has 0 saturated heterocycles. The standard InChI is InChI=1S/C18H22FNS/c1-2-12-20-17(13-15-6-4-3-5-7-15)14-21-18-10-8-16(19)9-11-18/h3-11,17,20H,2,12-14H2,1H3. The van der Waals surface area contributed by atoms with Crippen LogP contribution in [-0.4, -0.2) is 18.3 Å². The number of thioether (sulfide) groups is 1. The molecule has 0 fully saturated rings. The Hall–Kier alpha value is -1.32. The zero-order valence-corrected chi connectivity index (χ0v) is 13.2. The molecule has 0 aliphatic carbocycles. The fourth-order valence-corrected chi connectivity index (χ4v) is 3.12. The van der Waals surface area contributed by atoms with E-state index in [9.17, 15) is 4.39 Å². The van der Waals surface area contributed by atoms with E-state index in [1.807, 2.05) is 18.2 Å². The molecule has 21 heavy (non-hydrogen) atoms. The lowest BCUT2D eigenvalue weighted by atomic mass is 10.1. The Bertz CT molecular complexity index is 513. The highest BCUT2D eigenvalue weighted by atomic mass is 32.2. The van der Waals surface area contributed by atoms with Crippen LogP contribution in [-0.2, 0) is 6.42 Å². The van der Waals surface area contributed by atoms with Crippen molar-refractivity contribution in [3.8, 4) is 0 Å². The average Bonchev–Trinajstić information content (AvgIpc) is 2.52. The fourth-order valence-electron chi connectivity index (χ4n) is 2.16. The highest BCUT2D eigenvalue weighted by Crippen LogP contribution is 2.20. The lowest BCUT2D eigenvalue weighted by molar-refractivity contribution is 0.550. The summed E-state index contributed by atoms with van der Waals surface area (Å²) in [6.45, 7) is 3.21. The molecule has 1 atom stereocenters. The third-order valence-electron chi connectivity index (χ3n) is 3.27. The monoisotopic (exact) mass is 303 g/mol. The molecule has 0 aliphatic rings. The molecule has 1 unspecified atom stereocenters. The molecule has 0 amide bonds. The smallest absolute Gasteiger partial charge is 0.123 e. The lowest BCUT2D eigenvalue weighted by Gasteiger charge is -2.18. The summed E-state index contributed by atoms with van der Waals surface area (Å²) in [7, 11) is 0. The summed E-state index contributed by atoms with van der Waals surface area (Å²) in [5, 5.41) is 3.60. The average molecular weight is 303 g/mol. The van der Waals surface area contributed by atoms with Crippen molar-refractivity contribution in [3.05, 3.63) is 66.0 Å². The van der Waals surface area contributed by atoms with Crippen LogP contribution in [0.1, 0.15) is 18.9 Å². The Morgan fingerprint density at radius 3 is 2.43 bits per heavy atom. The predicted molar refractivity (Wildman–Crippen MR) is 89.4 cm³/mol. The zero-order valence-electron chi connectivity index (χ0n) is 12.4. The van der Waals surface area contributed by atoms with Crippen LogP contribution in [0.5, 0.6) is 0 Å². The molecule has 0 spiro atoms. The first-order valence-corrected chi connectivity index (χ1v) is 8.42. The maximum absolute atomic E-state index is 12.9. The fraction of sp³-hybridized carbons (Fsp3) is 0.333. The summed E-state index contributed by atoms with van der Waals surface area (Å²) in [4.78, 5) is 1.12. The molecular formula is C18H22FNS. The lowest BCUT2D eigenvalue weighted by Crippen LogP contribution is -2.34. The molecule has 2 aromatic rings. The molecule has 0 saturated carbocycles. The van der Waals surface area contributed by atoms with Gasteiger partial charge in [0.25, 0.3) is 0 Å². The van der Waals surface area contributed by atoms with Gasteiger partial charge in [-0.05, 0) is 49.2 Å². The van der Waals surface area contributed by atoms with Gasteiger partial charge in [-0.15, -0.1) is 11.8 Å². The molecule has 112 valence electrons. The summed E-state index contributed by atoms with van der Waals surface area (Å²) in [6, 6.07) is 17.7. The van der Waals surface area contributed by atoms with Crippen molar-refractivity contribution >= 4 is 11.8 Å². The summed E-state index contributed by atoms with van der Waals surface area (Å²) < 4.78 is 12.9. The summed E-state index contributed by atoms with van der Waals surface area (Å²) in [5.41, 5.74) is 1.35. The van der Waals surface area contributed by atoms with Gasteiger partial charge in [-0.25, -0.2) is 4.39 Å². The highest BCUT2D eigenvalue weighted by molar-refractivity contribution is 7.99. The summed E-state index contributed by atoms with van der Waals surface area (Å²) in [5.74, 6) is 0.810. The molecule has 3 heteroatoms. The van der Waals surface area contributed by atoms with Crippen LogP contribution in [0.15, 0.2) is 59.5 Å². The first-order chi connectivity index (χ1) is 10.3. The van der Waals surface area contributed by atoms with Gasteiger partial charge < -0.3 is 5.32 Å². The molecular weight excluding hydrogens is 281 g/mol. The van der Waals surface area contributed by atoms with Crippen LogP contribution in [0.4, 0.5) is 4.39 Å². The quantitative estimate of drug-likeness (QED) is 0.719. The summed E-state index contributed by atoms with van der Waals surface area (Å²) in [6.07, 6.45) is 2.15. The number of benzene rings is 2. The number of hydrogen-bond donors (Lipinski definition) is 1. The predicted octanol–water partition coefficient (Wildman–Crippen LogP) is 4.53. The number of hydrogen-bond acceptors (Lipinski definition) is 2. The van der Waals surface area contributed by atoms with Crippen molar-refractivity contribution < 1.29 is 4.39 Å². The van der Waals surface area contributed by atoms with Gasteiger partial charge in [0.1, 0.15) is 5.82 Å². The van der Waals surface area contributed by atoms with Gasteiger partial charge in [0.2, 0.25) is 0 Å². The van der Waals surface area contributed by atoms with E-state index < -0.39 is 0 Å². The van der Waals surface area contributed by atoms with E-state index in [-0.39, 0.29) is 5.82 Å². The molecule has 0 bridgehead atoms. The van der Waals surface area contributed by atoms with Crippen LogP contribution < -0.4 is 5.32 Å². The Morgan fingerprint density at radius 1 is 1.05 bits per heavy atom. The van der Waals surface area contributed by atoms with Gasteiger partial charge in [-0.1, -0.05) is 37.3 Å². The van der Waals surface area contributed by atoms with Gasteiger partial charge in [-0.3, -0.25) is 0 Å².